The second-order valence-corrected chi connectivity index (χ2v) is 11.9. The number of benzene rings is 1. The van der Waals surface area contributed by atoms with Crippen LogP contribution in [-0.4, -0.2) is 74.7 Å². The summed E-state index contributed by atoms with van der Waals surface area (Å²) in [5, 5.41) is 5.30. The number of allylic oxidation sites excluding steroid dienone is 2. The molecule has 9 nitrogen and oxygen atoms in total. The van der Waals surface area contributed by atoms with E-state index in [9.17, 15) is 19.2 Å². The minimum Gasteiger partial charge on any atom is -0.491 e. The first kappa shape index (κ1) is 28.1. The molecule has 2 fully saturated rings. The fourth-order valence-electron chi connectivity index (χ4n) is 6.63. The molecule has 0 radical (unpaired) electrons. The SMILES string of the molecule is CCC(=O)[C@@H]1C[C@@]23C[C@H]2N1C(=O)Cn1nc(C(C)=O)c2cc(OC(C)C)cc(c21)C/C=C/CCCC(=O)N(C)C3. The van der Waals surface area contributed by atoms with Gasteiger partial charge in [-0.2, -0.15) is 5.10 Å². The van der Waals surface area contributed by atoms with Crippen molar-refractivity contribution in [2.45, 2.75) is 97.4 Å². The van der Waals surface area contributed by atoms with Crippen molar-refractivity contribution in [1.29, 1.82) is 0 Å². The highest BCUT2D eigenvalue weighted by Gasteiger charge is 2.67. The van der Waals surface area contributed by atoms with Crippen molar-refractivity contribution in [3.63, 3.8) is 0 Å². The van der Waals surface area contributed by atoms with Gasteiger partial charge in [-0.1, -0.05) is 19.1 Å². The molecule has 0 N–H and O–H groups in total. The number of nitrogens with zero attached hydrogens (tertiary/aromatic N) is 4. The predicted molar refractivity (Wildman–Crippen MR) is 151 cm³/mol. The van der Waals surface area contributed by atoms with Gasteiger partial charge >= 0.3 is 0 Å². The number of hydrogen-bond donors (Lipinski definition) is 0. The van der Waals surface area contributed by atoms with Crippen LogP contribution in [0.25, 0.3) is 10.9 Å². The Morgan fingerprint density at radius 1 is 1.15 bits per heavy atom. The molecule has 2 amide bonds. The standard InChI is InChI=1S/C31H40N4O5/c1-6-25(37)24-15-31-16-26(31)35(24)28(39)17-34-30-21(11-9-7-8-10-12-27(38)33(5)18-31)13-22(40-19(2)3)14-23(30)29(32-34)20(4)36/h7,9,13-14,19,24,26H,6,8,10-12,15-18H2,1-5H3/b9-7+/t24-,26+,31-/m0/s1. The van der Waals surface area contributed by atoms with E-state index in [1.54, 1.807) is 14.5 Å². The highest BCUT2D eigenvalue weighted by molar-refractivity contribution is 6.06. The first-order valence-corrected chi connectivity index (χ1v) is 14.5. The lowest BCUT2D eigenvalue weighted by Gasteiger charge is -2.26. The van der Waals surface area contributed by atoms with Crippen LogP contribution in [0.4, 0.5) is 0 Å². The van der Waals surface area contributed by atoms with E-state index in [0.29, 0.717) is 49.1 Å². The van der Waals surface area contributed by atoms with Gasteiger partial charge in [-0.15, -0.1) is 0 Å². The number of ether oxygens (including phenoxy) is 1. The van der Waals surface area contributed by atoms with Gasteiger partial charge in [-0.3, -0.25) is 23.9 Å². The number of piperidine rings is 1. The van der Waals surface area contributed by atoms with Crippen LogP contribution in [0.2, 0.25) is 0 Å². The number of rotatable bonds is 5. The lowest BCUT2D eigenvalue weighted by molar-refractivity contribution is -0.139. The van der Waals surface area contributed by atoms with Crippen molar-refractivity contribution in [2.75, 3.05) is 13.6 Å². The molecule has 0 unspecified atom stereocenters. The topological polar surface area (TPSA) is 102 Å². The third-order valence-electron chi connectivity index (χ3n) is 8.56. The average Bonchev–Trinajstić information content (AvgIpc) is 3.29. The van der Waals surface area contributed by atoms with Crippen LogP contribution in [0.15, 0.2) is 24.3 Å². The highest BCUT2D eigenvalue weighted by atomic mass is 16.5. The number of carbonyl (C=O) groups is 4. The largest absolute Gasteiger partial charge is 0.491 e. The Morgan fingerprint density at radius 3 is 2.62 bits per heavy atom. The maximum absolute atomic E-state index is 14.0. The zero-order valence-electron chi connectivity index (χ0n) is 24.2. The van der Waals surface area contributed by atoms with Gasteiger partial charge in [-0.25, -0.2) is 0 Å². The molecule has 0 spiro atoms. The van der Waals surface area contributed by atoms with Crippen molar-refractivity contribution in [1.82, 2.24) is 19.6 Å². The maximum Gasteiger partial charge on any atom is 0.245 e. The summed E-state index contributed by atoms with van der Waals surface area (Å²) in [4.78, 5) is 56.1. The number of aromatic nitrogens is 2. The van der Waals surface area contributed by atoms with Crippen LogP contribution in [0.3, 0.4) is 0 Å². The van der Waals surface area contributed by atoms with E-state index in [1.807, 2.05) is 40.0 Å². The molecule has 3 atom stereocenters. The molecule has 3 heterocycles. The van der Waals surface area contributed by atoms with Crippen molar-refractivity contribution in [3.05, 3.63) is 35.5 Å². The number of carbonyl (C=O) groups excluding carboxylic acids is 4. The summed E-state index contributed by atoms with van der Waals surface area (Å²) < 4.78 is 7.65. The summed E-state index contributed by atoms with van der Waals surface area (Å²) in [5.74, 6) is 0.417. The van der Waals surface area contributed by atoms with Crippen LogP contribution in [0.1, 0.15) is 82.3 Å². The van der Waals surface area contributed by atoms with E-state index in [1.165, 1.54) is 6.92 Å². The highest BCUT2D eigenvalue weighted by Crippen LogP contribution is 2.60. The van der Waals surface area contributed by atoms with Gasteiger partial charge in [0.15, 0.2) is 11.6 Å². The van der Waals surface area contributed by atoms with Gasteiger partial charge in [0, 0.05) is 50.2 Å². The van der Waals surface area contributed by atoms with Crippen molar-refractivity contribution < 1.29 is 23.9 Å². The Labute approximate surface area is 235 Å². The normalized spacial score (nSPS) is 26.1. The van der Waals surface area contributed by atoms with Crippen molar-refractivity contribution in [2.24, 2.45) is 5.41 Å². The minimum absolute atomic E-state index is 0.0411. The Hall–Kier alpha value is -3.49. The van der Waals surface area contributed by atoms with E-state index in [-0.39, 0.29) is 47.5 Å². The van der Waals surface area contributed by atoms with Gasteiger partial charge in [0.2, 0.25) is 11.8 Å². The third kappa shape index (κ3) is 5.18. The van der Waals surface area contributed by atoms with Gasteiger partial charge in [-0.05, 0) is 63.6 Å². The predicted octanol–water partition coefficient (Wildman–Crippen LogP) is 4.11. The molecule has 1 aliphatic carbocycles. The fourth-order valence-corrected chi connectivity index (χ4v) is 6.63. The molecular formula is C31H40N4O5. The number of Topliss-reactive ketones (excluding diaryl/α,β-unsaturated/α-hetero) is 2. The molecule has 214 valence electrons. The third-order valence-corrected chi connectivity index (χ3v) is 8.56. The Balaban J connectivity index is 1.60. The average molecular weight is 549 g/mol. The molecule has 1 saturated heterocycles. The Kier molecular flexibility index (Phi) is 7.59. The molecule has 40 heavy (non-hydrogen) atoms. The fraction of sp³-hybridized carbons (Fsp3) is 0.581. The molecule has 3 aliphatic rings. The summed E-state index contributed by atoms with van der Waals surface area (Å²) >= 11 is 0. The van der Waals surface area contributed by atoms with Gasteiger partial charge in [0.25, 0.3) is 0 Å². The van der Waals surface area contributed by atoms with Gasteiger partial charge in [0.05, 0.1) is 17.7 Å². The number of hydrogen-bond acceptors (Lipinski definition) is 6. The number of ketones is 2. The minimum atomic E-state index is -0.499. The van der Waals surface area contributed by atoms with E-state index < -0.39 is 6.04 Å². The van der Waals surface area contributed by atoms with Crippen molar-refractivity contribution >= 4 is 34.3 Å². The van der Waals surface area contributed by atoms with Gasteiger partial charge in [0.1, 0.15) is 18.0 Å². The lowest BCUT2D eigenvalue weighted by Crippen LogP contribution is -2.44. The van der Waals surface area contributed by atoms with Crippen molar-refractivity contribution in [3.8, 4) is 5.75 Å². The Morgan fingerprint density at radius 2 is 1.93 bits per heavy atom. The van der Waals surface area contributed by atoms with Crippen LogP contribution in [0, 0.1) is 5.41 Å². The van der Waals surface area contributed by atoms with Gasteiger partial charge < -0.3 is 14.5 Å². The van der Waals surface area contributed by atoms with Crippen LogP contribution >= 0.6 is 0 Å². The zero-order chi connectivity index (χ0) is 28.8. The molecule has 9 heteroatoms. The zero-order valence-corrected chi connectivity index (χ0v) is 24.2. The quantitative estimate of drug-likeness (QED) is 0.412. The summed E-state index contributed by atoms with van der Waals surface area (Å²) in [6.07, 6.45) is 8.33. The number of amides is 2. The molecule has 2 aliphatic heterocycles. The maximum atomic E-state index is 14.0. The van der Waals surface area contributed by atoms with E-state index >= 15 is 0 Å². The summed E-state index contributed by atoms with van der Waals surface area (Å²) in [5.41, 5.74) is 1.70. The molecular weight excluding hydrogens is 508 g/mol. The lowest BCUT2D eigenvalue weighted by atomic mass is 9.95. The van der Waals surface area contributed by atoms with Crippen LogP contribution in [-0.2, 0) is 27.3 Å². The molecule has 1 saturated carbocycles. The second kappa shape index (κ2) is 10.8. The molecule has 2 aromatic rings. The molecule has 1 aromatic carbocycles. The smallest absolute Gasteiger partial charge is 0.245 e. The molecule has 1 aromatic heterocycles. The summed E-state index contributed by atoms with van der Waals surface area (Å²) in [6.45, 7) is 7.68. The van der Waals surface area contributed by atoms with E-state index in [2.05, 4.69) is 17.3 Å². The molecule has 2 bridgehead atoms. The van der Waals surface area contributed by atoms with E-state index in [4.69, 9.17) is 4.74 Å². The molecule has 5 rings (SSSR count). The van der Waals surface area contributed by atoms with Crippen LogP contribution in [0.5, 0.6) is 5.75 Å². The van der Waals surface area contributed by atoms with Crippen LogP contribution < -0.4 is 4.74 Å². The Bertz CT molecular complexity index is 1390. The first-order valence-electron chi connectivity index (χ1n) is 14.5. The second-order valence-electron chi connectivity index (χ2n) is 11.9. The monoisotopic (exact) mass is 548 g/mol. The summed E-state index contributed by atoms with van der Waals surface area (Å²) in [6, 6.07) is 3.22. The van der Waals surface area contributed by atoms with E-state index in [0.717, 1.165) is 30.3 Å². The first-order chi connectivity index (χ1) is 19.0. The summed E-state index contributed by atoms with van der Waals surface area (Å²) in [7, 11) is 1.83.